The number of hydrogen-bond donors (Lipinski definition) is 1. The fraction of sp³-hybridized carbons (Fsp3) is 0.643. The number of carbonyl (C=O) groups excluding carboxylic acids is 1. The summed E-state index contributed by atoms with van der Waals surface area (Å²) in [5.41, 5.74) is 7.68. The predicted molar refractivity (Wildman–Crippen MR) is 72.5 cm³/mol. The molecule has 4 nitrogen and oxygen atoms in total. The maximum atomic E-state index is 12.7. The summed E-state index contributed by atoms with van der Waals surface area (Å²) in [6.07, 6.45) is 3.26. The minimum atomic E-state index is 0.119. The van der Waals surface area contributed by atoms with Crippen molar-refractivity contribution in [3.63, 3.8) is 0 Å². The van der Waals surface area contributed by atoms with Crippen LogP contribution in [0, 0.1) is 6.92 Å². The van der Waals surface area contributed by atoms with E-state index in [1.54, 1.807) is 0 Å². The van der Waals surface area contributed by atoms with Crippen LogP contribution in [-0.2, 0) is 7.05 Å². The van der Waals surface area contributed by atoms with E-state index in [-0.39, 0.29) is 18.0 Å². The van der Waals surface area contributed by atoms with Crippen molar-refractivity contribution in [3.05, 3.63) is 23.5 Å². The zero-order chi connectivity index (χ0) is 13.3. The number of aromatic nitrogens is 1. The summed E-state index contributed by atoms with van der Waals surface area (Å²) in [6.45, 7) is 4.69. The first-order chi connectivity index (χ1) is 8.56. The molecule has 2 N–H and O–H groups in total. The number of carbonyl (C=O) groups is 1. The van der Waals surface area contributed by atoms with Gasteiger partial charge in [-0.2, -0.15) is 0 Å². The zero-order valence-corrected chi connectivity index (χ0v) is 11.5. The molecule has 2 atom stereocenters. The normalized spacial score (nSPS) is 24.3. The first-order valence-electron chi connectivity index (χ1n) is 6.71. The molecule has 0 aliphatic carbocycles. The summed E-state index contributed by atoms with van der Waals surface area (Å²) in [4.78, 5) is 14.6. The van der Waals surface area contributed by atoms with Crippen molar-refractivity contribution in [1.82, 2.24) is 9.47 Å². The maximum absolute atomic E-state index is 12.7. The number of nitrogens with two attached hydrogens (primary N) is 1. The van der Waals surface area contributed by atoms with Gasteiger partial charge in [-0.3, -0.25) is 4.79 Å². The Hall–Kier alpha value is -1.29. The van der Waals surface area contributed by atoms with Crippen molar-refractivity contribution in [3.8, 4) is 0 Å². The molecule has 1 aliphatic heterocycles. The van der Waals surface area contributed by atoms with Crippen molar-refractivity contribution >= 4 is 5.91 Å². The molecule has 1 aromatic heterocycles. The SMILES string of the molecule is Cc1ccc(C(=O)N2C(C)CCCC2CN)n1C. The summed E-state index contributed by atoms with van der Waals surface area (Å²) in [6, 6.07) is 4.37. The lowest BCUT2D eigenvalue weighted by molar-refractivity contribution is 0.0484. The van der Waals surface area contributed by atoms with E-state index in [4.69, 9.17) is 5.73 Å². The monoisotopic (exact) mass is 249 g/mol. The van der Waals surface area contributed by atoms with Crippen LogP contribution in [0.15, 0.2) is 12.1 Å². The molecule has 2 heterocycles. The van der Waals surface area contributed by atoms with E-state index >= 15 is 0 Å². The second-order valence-electron chi connectivity index (χ2n) is 5.30. The highest BCUT2D eigenvalue weighted by Gasteiger charge is 2.32. The lowest BCUT2D eigenvalue weighted by Gasteiger charge is -2.40. The Balaban J connectivity index is 2.28. The zero-order valence-electron chi connectivity index (χ0n) is 11.5. The third-order valence-electron chi connectivity index (χ3n) is 4.13. The number of rotatable bonds is 2. The lowest BCUT2D eigenvalue weighted by Crippen LogP contribution is -2.52. The average molecular weight is 249 g/mol. The van der Waals surface area contributed by atoms with Crippen LogP contribution in [0.25, 0.3) is 0 Å². The molecule has 0 aromatic carbocycles. The van der Waals surface area contributed by atoms with Crippen LogP contribution in [0.1, 0.15) is 42.4 Å². The highest BCUT2D eigenvalue weighted by atomic mass is 16.2. The quantitative estimate of drug-likeness (QED) is 0.867. The molecule has 2 rings (SSSR count). The molecular formula is C14H23N3O. The van der Waals surface area contributed by atoms with Gasteiger partial charge in [0.1, 0.15) is 5.69 Å². The van der Waals surface area contributed by atoms with E-state index in [0.717, 1.165) is 24.2 Å². The molecule has 1 fully saturated rings. The van der Waals surface area contributed by atoms with Gasteiger partial charge in [-0.1, -0.05) is 0 Å². The van der Waals surface area contributed by atoms with Gasteiger partial charge in [0.05, 0.1) is 0 Å². The lowest BCUT2D eigenvalue weighted by atomic mass is 9.96. The molecule has 100 valence electrons. The third-order valence-corrected chi connectivity index (χ3v) is 4.13. The fourth-order valence-corrected chi connectivity index (χ4v) is 2.84. The highest BCUT2D eigenvalue weighted by molar-refractivity contribution is 5.93. The van der Waals surface area contributed by atoms with Crippen LogP contribution in [0.3, 0.4) is 0 Å². The second kappa shape index (κ2) is 5.14. The van der Waals surface area contributed by atoms with Gasteiger partial charge in [0.25, 0.3) is 5.91 Å². The number of likely N-dealkylation sites (tertiary alicyclic amines) is 1. The van der Waals surface area contributed by atoms with Crippen molar-refractivity contribution in [2.24, 2.45) is 12.8 Å². The minimum Gasteiger partial charge on any atom is -0.344 e. The third kappa shape index (κ3) is 2.17. The minimum absolute atomic E-state index is 0.119. The topological polar surface area (TPSA) is 51.3 Å². The Labute approximate surface area is 109 Å². The molecule has 4 heteroatoms. The largest absolute Gasteiger partial charge is 0.344 e. The molecular weight excluding hydrogens is 226 g/mol. The van der Waals surface area contributed by atoms with Gasteiger partial charge in [-0.05, 0) is 45.2 Å². The molecule has 0 saturated carbocycles. The molecule has 1 amide bonds. The van der Waals surface area contributed by atoms with Gasteiger partial charge < -0.3 is 15.2 Å². The second-order valence-corrected chi connectivity index (χ2v) is 5.30. The Morgan fingerprint density at radius 1 is 1.44 bits per heavy atom. The first kappa shape index (κ1) is 13.1. The first-order valence-corrected chi connectivity index (χ1v) is 6.71. The maximum Gasteiger partial charge on any atom is 0.271 e. The van der Waals surface area contributed by atoms with Gasteiger partial charge in [-0.15, -0.1) is 0 Å². The van der Waals surface area contributed by atoms with Crippen LogP contribution in [-0.4, -0.2) is 34.0 Å². The van der Waals surface area contributed by atoms with Gasteiger partial charge in [-0.25, -0.2) is 0 Å². The van der Waals surface area contributed by atoms with Crippen LogP contribution in [0.5, 0.6) is 0 Å². The Morgan fingerprint density at radius 3 is 2.72 bits per heavy atom. The fourth-order valence-electron chi connectivity index (χ4n) is 2.84. The standard InChI is InChI=1S/C14H23N3O/c1-10-7-8-13(16(10)3)14(18)17-11(2)5-4-6-12(17)9-15/h7-8,11-12H,4-6,9,15H2,1-3H3. The van der Waals surface area contributed by atoms with Gasteiger partial charge in [0.2, 0.25) is 0 Å². The van der Waals surface area contributed by atoms with E-state index in [1.807, 2.05) is 35.6 Å². The summed E-state index contributed by atoms with van der Waals surface area (Å²) in [5, 5.41) is 0. The molecule has 18 heavy (non-hydrogen) atoms. The van der Waals surface area contributed by atoms with Crippen LogP contribution in [0.2, 0.25) is 0 Å². The predicted octanol–water partition coefficient (Wildman–Crippen LogP) is 1.68. The Kier molecular flexibility index (Phi) is 3.76. The Morgan fingerprint density at radius 2 is 2.17 bits per heavy atom. The molecule has 1 saturated heterocycles. The summed E-state index contributed by atoms with van der Waals surface area (Å²) in [5.74, 6) is 0.119. The number of nitrogens with zero attached hydrogens (tertiary/aromatic N) is 2. The number of piperidine rings is 1. The molecule has 1 aromatic rings. The summed E-state index contributed by atoms with van der Waals surface area (Å²) < 4.78 is 1.96. The number of hydrogen-bond acceptors (Lipinski definition) is 2. The van der Waals surface area contributed by atoms with Gasteiger partial charge in [0, 0.05) is 31.4 Å². The van der Waals surface area contributed by atoms with E-state index in [1.165, 1.54) is 6.42 Å². The molecule has 0 spiro atoms. The average Bonchev–Trinajstić information content (AvgIpc) is 2.69. The van der Waals surface area contributed by atoms with Crippen LogP contribution >= 0.6 is 0 Å². The molecule has 1 aliphatic rings. The van der Waals surface area contributed by atoms with Gasteiger partial charge in [0.15, 0.2) is 0 Å². The Bertz CT molecular complexity index is 438. The van der Waals surface area contributed by atoms with E-state index in [0.29, 0.717) is 6.54 Å². The number of aryl methyl sites for hydroxylation is 1. The van der Waals surface area contributed by atoms with E-state index in [2.05, 4.69) is 6.92 Å². The van der Waals surface area contributed by atoms with Crippen molar-refractivity contribution in [2.45, 2.75) is 45.2 Å². The van der Waals surface area contributed by atoms with Crippen molar-refractivity contribution < 1.29 is 4.79 Å². The summed E-state index contributed by atoms with van der Waals surface area (Å²) in [7, 11) is 1.94. The van der Waals surface area contributed by atoms with Crippen molar-refractivity contribution in [1.29, 1.82) is 0 Å². The van der Waals surface area contributed by atoms with Crippen LogP contribution in [0.4, 0.5) is 0 Å². The molecule has 2 unspecified atom stereocenters. The van der Waals surface area contributed by atoms with E-state index < -0.39 is 0 Å². The van der Waals surface area contributed by atoms with Gasteiger partial charge >= 0.3 is 0 Å². The smallest absolute Gasteiger partial charge is 0.271 e. The van der Waals surface area contributed by atoms with Crippen LogP contribution < -0.4 is 5.73 Å². The number of amides is 1. The summed E-state index contributed by atoms with van der Waals surface area (Å²) >= 11 is 0. The molecule has 0 radical (unpaired) electrons. The van der Waals surface area contributed by atoms with E-state index in [9.17, 15) is 4.79 Å². The molecule has 0 bridgehead atoms. The highest BCUT2D eigenvalue weighted by Crippen LogP contribution is 2.24. The van der Waals surface area contributed by atoms with Crippen molar-refractivity contribution in [2.75, 3.05) is 6.54 Å².